The van der Waals surface area contributed by atoms with Crippen molar-refractivity contribution in [2.24, 2.45) is 11.7 Å². The molecule has 1 aromatic rings. The summed E-state index contributed by atoms with van der Waals surface area (Å²) < 4.78 is 5.42. The molecule has 0 radical (unpaired) electrons. The Hall–Kier alpha value is -1.21. The van der Waals surface area contributed by atoms with Crippen molar-refractivity contribution in [3.05, 3.63) is 27.2 Å². The molecule has 4 N–H and O–H groups in total. The van der Waals surface area contributed by atoms with Gasteiger partial charge in [-0.1, -0.05) is 48.7 Å². The lowest BCUT2D eigenvalue weighted by Crippen LogP contribution is -2.47. The predicted octanol–water partition coefficient (Wildman–Crippen LogP) is 2.24. The Morgan fingerprint density at radius 3 is 2.29 bits per heavy atom. The van der Waals surface area contributed by atoms with Gasteiger partial charge in [0, 0.05) is 5.02 Å². The van der Waals surface area contributed by atoms with E-state index in [1.807, 2.05) is 13.8 Å². The third-order valence-corrected chi connectivity index (χ3v) is 3.86. The van der Waals surface area contributed by atoms with Gasteiger partial charge >= 0.3 is 0 Å². The van der Waals surface area contributed by atoms with Crippen LogP contribution in [-0.2, 0) is 9.59 Å². The highest BCUT2D eigenvalue weighted by atomic mass is 35.5. The molecule has 24 heavy (non-hydrogen) atoms. The molecule has 0 spiro atoms. The average Bonchev–Trinajstić information content (AvgIpc) is 2.49. The topological polar surface area (TPSA) is 93.5 Å². The molecule has 0 unspecified atom stereocenters. The highest BCUT2D eigenvalue weighted by Gasteiger charge is 2.17. The van der Waals surface area contributed by atoms with Gasteiger partial charge in [-0.25, -0.2) is 0 Å². The van der Waals surface area contributed by atoms with Crippen molar-refractivity contribution in [3.63, 3.8) is 0 Å². The number of ether oxygens (including phenoxy) is 1. The van der Waals surface area contributed by atoms with E-state index in [4.69, 9.17) is 45.3 Å². The Balaban J connectivity index is 2.31. The standard InChI is InChI=1S/C15H20Cl3N3O3/c1-8(2)13(19)15(23)21-7-12(22)20-3-4-24-14-10(17)5-9(16)6-11(14)18/h5-6,8,13H,3-4,7,19H2,1-2H3,(H,20,22)(H,21,23)/t13-/m0/s1. The SMILES string of the molecule is CC(C)[C@H](N)C(=O)NCC(=O)NCCOc1c(Cl)cc(Cl)cc1Cl. The first kappa shape index (κ1) is 20.8. The van der Waals surface area contributed by atoms with Crippen molar-refractivity contribution in [2.75, 3.05) is 19.7 Å². The maximum atomic E-state index is 11.6. The molecule has 0 aliphatic heterocycles. The van der Waals surface area contributed by atoms with Gasteiger partial charge in [0.1, 0.15) is 6.61 Å². The average molecular weight is 397 g/mol. The minimum Gasteiger partial charge on any atom is -0.489 e. The smallest absolute Gasteiger partial charge is 0.239 e. The van der Waals surface area contributed by atoms with E-state index in [-0.39, 0.29) is 47.5 Å². The van der Waals surface area contributed by atoms with Crippen LogP contribution < -0.4 is 21.1 Å². The van der Waals surface area contributed by atoms with Crippen LogP contribution in [-0.4, -0.2) is 37.6 Å². The summed E-state index contributed by atoms with van der Waals surface area (Å²) in [7, 11) is 0. The van der Waals surface area contributed by atoms with Crippen molar-refractivity contribution in [1.82, 2.24) is 10.6 Å². The van der Waals surface area contributed by atoms with Gasteiger partial charge in [0.25, 0.3) is 0 Å². The molecule has 134 valence electrons. The number of hydrogen-bond donors (Lipinski definition) is 3. The summed E-state index contributed by atoms with van der Waals surface area (Å²) in [4.78, 5) is 23.3. The van der Waals surface area contributed by atoms with Gasteiger partial charge < -0.3 is 21.1 Å². The van der Waals surface area contributed by atoms with Crippen LogP contribution in [0.2, 0.25) is 15.1 Å². The van der Waals surface area contributed by atoms with Crippen LogP contribution >= 0.6 is 34.8 Å². The molecular formula is C15H20Cl3N3O3. The van der Waals surface area contributed by atoms with E-state index in [9.17, 15) is 9.59 Å². The maximum absolute atomic E-state index is 11.6. The first-order valence-corrected chi connectivity index (χ1v) is 8.43. The fraction of sp³-hybridized carbons (Fsp3) is 0.467. The zero-order valence-corrected chi connectivity index (χ0v) is 15.6. The van der Waals surface area contributed by atoms with Gasteiger partial charge in [-0.15, -0.1) is 0 Å². The molecule has 0 aliphatic carbocycles. The molecule has 0 saturated carbocycles. The Labute approximate surface area is 156 Å². The van der Waals surface area contributed by atoms with E-state index >= 15 is 0 Å². The first-order valence-electron chi connectivity index (χ1n) is 7.29. The molecule has 0 fully saturated rings. The summed E-state index contributed by atoms with van der Waals surface area (Å²) >= 11 is 17.8. The number of carbonyl (C=O) groups is 2. The Kier molecular flexibility index (Phi) is 8.62. The van der Waals surface area contributed by atoms with E-state index in [2.05, 4.69) is 10.6 Å². The molecule has 1 aromatic carbocycles. The fourth-order valence-electron chi connectivity index (χ4n) is 1.66. The zero-order valence-electron chi connectivity index (χ0n) is 13.4. The van der Waals surface area contributed by atoms with Gasteiger partial charge in [0.05, 0.1) is 29.2 Å². The molecule has 9 heteroatoms. The van der Waals surface area contributed by atoms with Crippen LogP contribution in [0.15, 0.2) is 12.1 Å². The molecular weight excluding hydrogens is 377 g/mol. The maximum Gasteiger partial charge on any atom is 0.239 e. The lowest BCUT2D eigenvalue weighted by molar-refractivity contribution is -0.127. The highest BCUT2D eigenvalue weighted by molar-refractivity contribution is 6.40. The van der Waals surface area contributed by atoms with E-state index in [0.29, 0.717) is 10.8 Å². The molecule has 1 rings (SSSR count). The van der Waals surface area contributed by atoms with Crippen molar-refractivity contribution < 1.29 is 14.3 Å². The number of hydrogen-bond acceptors (Lipinski definition) is 4. The number of benzene rings is 1. The predicted molar refractivity (Wildman–Crippen MR) is 95.8 cm³/mol. The number of amides is 2. The molecule has 0 heterocycles. The second-order valence-electron chi connectivity index (χ2n) is 5.38. The second kappa shape index (κ2) is 9.93. The van der Waals surface area contributed by atoms with E-state index in [0.717, 1.165) is 0 Å². The summed E-state index contributed by atoms with van der Waals surface area (Å²) in [5, 5.41) is 6.04. The van der Waals surface area contributed by atoms with Gasteiger partial charge in [0.15, 0.2) is 5.75 Å². The molecule has 0 aliphatic rings. The van der Waals surface area contributed by atoms with Crippen LogP contribution in [0, 0.1) is 5.92 Å². The summed E-state index contributed by atoms with van der Waals surface area (Å²) in [6, 6.07) is 2.38. The Morgan fingerprint density at radius 2 is 1.75 bits per heavy atom. The normalized spacial score (nSPS) is 12.0. The van der Waals surface area contributed by atoms with Crippen LogP contribution in [0.1, 0.15) is 13.8 Å². The van der Waals surface area contributed by atoms with Crippen LogP contribution in [0.3, 0.4) is 0 Å². The van der Waals surface area contributed by atoms with Crippen molar-refractivity contribution in [2.45, 2.75) is 19.9 Å². The minimum absolute atomic E-state index is 0.00432. The quantitative estimate of drug-likeness (QED) is 0.587. The summed E-state index contributed by atoms with van der Waals surface area (Å²) in [6.07, 6.45) is 0. The van der Waals surface area contributed by atoms with Crippen LogP contribution in [0.25, 0.3) is 0 Å². The van der Waals surface area contributed by atoms with Gasteiger partial charge in [-0.05, 0) is 18.1 Å². The lowest BCUT2D eigenvalue weighted by Gasteiger charge is -2.15. The highest BCUT2D eigenvalue weighted by Crippen LogP contribution is 2.35. The first-order chi connectivity index (χ1) is 11.2. The Bertz CT molecular complexity index is 574. The van der Waals surface area contributed by atoms with Crippen molar-refractivity contribution in [3.8, 4) is 5.75 Å². The number of rotatable bonds is 8. The fourth-order valence-corrected chi connectivity index (χ4v) is 2.59. The molecule has 1 atom stereocenters. The van der Waals surface area contributed by atoms with E-state index < -0.39 is 6.04 Å². The molecule has 0 saturated heterocycles. The van der Waals surface area contributed by atoms with Crippen LogP contribution in [0.5, 0.6) is 5.75 Å². The van der Waals surface area contributed by atoms with E-state index in [1.165, 1.54) is 12.1 Å². The largest absolute Gasteiger partial charge is 0.489 e. The summed E-state index contributed by atoms with van der Waals surface area (Å²) in [5.74, 6) is -0.420. The Morgan fingerprint density at radius 1 is 1.17 bits per heavy atom. The van der Waals surface area contributed by atoms with Gasteiger partial charge in [0.2, 0.25) is 11.8 Å². The minimum atomic E-state index is -0.643. The summed E-state index contributed by atoms with van der Waals surface area (Å²) in [6.45, 7) is 3.89. The molecule has 0 aromatic heterocycles. The molecule has 0 bridgehead atoms. The van der Waals surface area contributed by atoms with Crippen molar-refractivity contribution >= 4 is 46.6 Å². The lowest BCUT2D eigenvalue weighted by atomic mass is 10.1. The van der Waals surface area contributed by atoms with Crippen LogP contribution in [0.4, 0.5) is 0 Å². The summed E-state index contributed by atoms with van der Waals surface area (Å²) in [5.41, 5.74) is 5.67. The van der Waals surface area contributed by atoms with Crippen molar-refractivity contribution in [1.29, 1.82) is 0 Å². The third-order valence-electron chi connectivity index (χ3n) is 3.08. The number of halogens is 3. The monoisotopic (exact) mass is 395 g/mol. The molecule has 2 amide bonds. The third kappa shape index (κ3) is 6.73. The number of nitrogens with one attached hydrogen (secondary N) is 2. The van der Waals surface area contributed by atoms with Gasteiger partial charge in [-0.2, -0.15) is 0 Å². The number of nitrogens with two attached hydrogens (primary N) is 1. The van der Waals surface area contributed by atoms with Gasteiger partial charge in [-0.3, -0.25) is 9.59 Å². The number of carbonyl (C=O) groups excluding carboxylic acids is 2. The van der Waals surface area contributed by atoms with E-state index in [1.54, 1.807) is 0 Å². The zero-order chi connectivity index (χ0) is 18.3. The molecule has 6 nitrogen and oxygen atoms in total. The second-order valence-corrected chi connectivity index (χ2v) is 6.64.